The maximum absolute atomic E-state index is 5.07. The molecule has 1 aromatic heterocycles. The first-order valence-electron chi connectivity index (χ1n) is 5.29. The molecule has 0 atom stereocenters. The van der Waals surface area contributed by atoms with Gasteiger partial charge in [0.2, 0.25) is 4.77 Å². The number of rotatable bonds is 2. The lowest BCUT2D eigenvalue weighted by atomic mass is 10.0. The van der Waals surface area contributed by atoms with Gasteiger partial charge in [-0.3, -0.25) is 0 Å². The highest BCUT2D eigenvalue weighted by Crippen LogP contribution is 2.18. The normalized spacial score (nSPS) is 10.8. The molecule has 0 saturated carbocycles. The molecule has 0 aliphatic heterocycles. The van der Waals surface area contributed by atoms with E-state index in [1.165, 1.54) is 16.3 Å². The summed E-state index contributed by atoms with van der Waals surface area (Å²) in [6.45, 7) is 0.660. The second-order valence-electron chi connectivity index (χ2n) is 3.81. The standard InChI is InChI=1S/C12H10N4S/c17-12-13-14-15-16(12)8-10-6-3-5-9-4-1-2-7-11(9)10/h1-7H,8H2,(H,13,15,17). The molecule has 84 valence electrons. The highest BCUT2D eigenvalue weighted by atomic mass is 32.1. The van der Waals surface area contributed by atoms with Gasteiger partial charge in [-0.15, -0.1) is 0 Å². The van der Waals surface area contributed by atoms with Gasteiger partial charge >= 0.3 is 0 Å². The van der Waals surface area contributed by atoms with Crippen molar-refractivity contribution in [2.45, 2.75) is 6.54 Å². The van der Waals surface area contributed by atoms with E-state index in [1.54, 1.807) is 4.68 Å². The highest BCUT2D eigenvalue weighted by Gasteiger charge is 2.02. The number of tetrazole rings is 1. The molecule has 0 radical (unpaired) electrons. The van der Waals surface area contributed by atoms with Crippen molar-refractivity contribution in [1.82, 2.24) is 20.2 Å². The molecular weight excluding hydrogens is 232 g/mol. The zero-order valence-electron chi connectivity index (χ0n) is 9.00. The van der Waals surface area contributed by atoms with Crippen molar-refractivity contribution < 1.29 is 0 Å². The van der Waals surface area contributed by atoms with Crippen molar-refractivity contribution in [3.8, 4) is 0 Å². The zero-order valence-corrected chi connectivity index (χ0v) is 9.81. The molecule has 1 N–H and O–H groups in total. The topological polar surface area (TPSA) is 46.5 Å². The molecule has 17 heavy (non-hydrogen) atoms. The first-order chi connectivity index (χ1) is 8.34. The summed E-state index contributed by atoms with van der Waals surface area (Å²) in [5.41, 5.74) is 1.20. The van der Waals surface area contributed by atoms with Gasteiger partial charge in [-0.25, -0.2) is 4.68 Å². The predicted molar refractivity (Wildman–Crippen MR) is 68.3 cm³/mol. The van der Waals surface area contributed by atoms with Gasteiger partial charge in [-0.2, -0.15) is 5.21 Å². The summed E-state index contributed by atoms with van der Waals surface area (Å²) in [5.74, 6) is 0. The number of H-pyrrole nitrogens is 1. The number of fused-ring (bicyclic) bond motifs is 1. The van der Waals surface area contributed by atoms with Crippen LogP contribution in [0.2, 0.25) is 0 Å². The molecule has 0 spiro atoms. The van der Waals surface area contributed by atoms with Crippen LogP contribution in [0.25, 0.3) is 10.8 Å². The summed E-state index contributed by atoms with van der Waals surface area (Å²) in [6, 6.07) is 14.5. The fourth-order valence-electron chi connectivity index (χ4n) is 1.92. The van der Waals surface area contributed by atoms with Gasteiger partial charge in [0.15, 0.2) is 0 Å². The van der Waals surface area contributed by atoms with E-state index in [-0.39, 0.29) is 0 Å². The molecule has 0 unspecified atom stereocenters. The lowest BCUT2D eigenvalue weighted by Crippen LogP contribution is -2.02. The number of benzene rings is 2. The first kappa shape index (κ1) is 10.2. The minimum absolute atomic E-state index is 0.470. The van der Waals surface area contributed by atoms with Gasteiger partial charge < -0.3 is 0 Å². The molecule has 1 heterocycles. The summed E-state index contributed by atoms with van der Waals surface area (Å²) in [6.07, 6.45) is 0. The summed E-state index contributed by atoms with van der Waals surface area (Å²) in [4.78, 5) is 0. The van der Waals surface area contributed by atoms with Crippen LogP contribution in [0.5, 0.6) is 0 Å². The molecule has 0 aliphatic carbocycles. The Balaban J connectivity index is 2.12. The number of nitrogens with one attached hydrogen (secondary N) is 1. The van der Waals surface area contributed by atoms with Crippen molar-refractivity contribution in [2.24, 2.45) is 0 Å². The Labute approximate surface area is 103 Å². The van der Waals surface area contributed by atoms with Crippen molar-refractivity contribution in [3.63, 3.8) is 0 Å². The van der Waals surface area contributed by atoms with Crippen LogP contribution in [0.3, 0.4) is 0 Å². The van der Waals surface area contributed by atoms with Gasteiger partial charge in [0.05, 0.1) is 6.54 Å². The fraction of sp³-hybridized carbons (Fsp3) is 0.0833. The number of aromatic nitrogens is 4. The van der Waals surface area contributed by atoms with Crippen molar-refractivity contribution in [3.05, 3.63) is 52.8 Å². The average molecular weight is 242 g/mol. The Hall–Kier alpha value is -2.01. The quantitative estimate of drug-likeness (QED) is 0.702. The Morgan fingerprint density at radius 3 is 2.76 bits per heavy atom. The molecule has 0 bridgehead atoms. The molecule has 0 amide bonds. The fourth-order valence-corrected chi connectivity index (χ4v) is 2.07. The van der Waals surface area contributed by atoms with Crippen molar-refractivity contribution >= 4 is 23.0 Å². The van der Waals surface area contributed by atoms with Crippen LogP contribution in [0.15, 0.2) is 42.5 Å². The minimum Gasteiger partial charge on any atom is -0.238 e. The number of nitrogens with zero attached hydrogens (tertiary/aromatic N) is 3. The SMILES string of the molecule is S=c1nn[nH]n1Cc1cccc2ccccc12. The Kier molecular flexibility index (Phi) is 2.45. The van der Waals surface area contributed by atoms with Crippen LogP contribution in [0, 0.1) is 4.77 Å². The van der Waals surface area contributed by atoms with E-state index >= 15 is 0 Å². The van der Waals surface area contributed by atoms with E-state index in [0.717, 1.165) is 0 Å². The van der Waals surface area contributed by atoms with E-state index in [0.29, 0.717) is 11.3 Å². The number of hydrogen-bond donors (Lipinski definition) is 1. The smallest absolute Gasteiger partial charge is 0.238 e. The third-order valence-electron chi connectivity index (χ3n) is 2.74. The lowest BCUT2D eigenvalue weighted by Gasteiger charge is -2.06. The summed E-state index contributed by atoms with van der Waals surface area (Å²) in [5, 5.41) is 12.7. The lowest BCUT2D eigenvalue weighted by molar-refractivity contribution is 0.645. The van der Waals surface area contributed by atoms with Crippen LogP contribution >= 0.6 is 12.2 Å². The molecule has 0 fully saturated rings. The first-order valence-corrected chi connectivity index (χ1v) is 5.70. The molecule has 4 nitrogen and oxygen atoms in total. The average Bonchev–Trinajstić information content (AvgIpc) is 2.76. The van der Waals surface area contributed by atoms with Crippen LogP contribution < -0.4 is 0 Å². The molecule has 3 aromatic rings. The maximum atomic E-state index is 5.07. The predicted octanol–water partition coefficient (Wildman–Crippen LogP) is 2.54. The Bertz CT molecular complexity index is 708. The Morgan fingerprint density at radius 1 is 1.12 bits per heavy atom. The van der Waals surface area contributed by atoms with Gasteiger partial charge in [-0.05, 0) is 28.6 Å². The summed E-state index contributed by atoms with van der Waals surface area (Å²) in [7, 11) is 0. The minimum atomic E-state index is 0.470. The van der Waals surface area contributed by atoms with E-state index in [2.05, 4.69) is 39.8 Å². The zero-order chi connectivity index (χ0) is 11.7. The molecule has 0 saturated heterocycles. The largest absolute Gasteiger partial charge is 0.238 e. The van der Waals surface area contributed by atoms with E-state index in [1.807, 2.05) is 18.2 Å². The highest BCUT2D eigenvalue weighted by molar-refractivity contribution is 7.71. The molecule has 5 heteroatoms. The third kappa shape index (κ3) is 1.85. The van der Waals surface area contributed by atoms with Gasteiger partial charge in [0.1, 0.15) is 0 Å². The van der Waals surface area contributed by atoms with E-state index < -0.39 is 0 Å². The second kappa shape index (κ2) is 4.10. The molecule has 3 rings (SSSR count). The van der Waals surface area contributed by atoms with E-state index in [9.17, 15) is 0 Å². The van der Waals surface area contributed by atoms with Crippen LogP contribution in [0.4, 0.5) is 0 Å². The monoisotopic (exact) mass is 242 g/mol. The second-order valence-corrected chi connectivity index (χ2v) is 4.17. The molecule has 2 aromatic carbocycles. The van der Waals surface area contributed by atoms with Crippen molar-refractivity contribution in [1.29, 1.82) is 0 Å². The number of aromatic amines is 1. The summed E-state index contributed by atoms with van der Waals surface area (Å²) >= 11 is 5.07. The van der Waals surface area contributed by atoms with E-state index in [4.69, 9.17) is 12.2 Å². The van der Waals surface area contributed by atoms with Crippen molar-refractivity contribution in [2.75, 3.05) is 0 Å². The number of hydrogen-bond acceptors (Lipinski definition) is 3. The Morgan fingerprint density at radius 2 is 1.94 bits per heavy atom. The summed E-state index contributed by atoms with van der Waals surface area (Å²) < 4.78 is 2.22. The van der Waals surface area contributed by atoms with Gasteiger partial charge in [-0.1, -0.05) is 52.8 Å². The van der Waals surface area contributed by atoms with Gasteiger partial charge in [0, 0.05) is 0 Å². The molecule has 0 aliphatic rings. The van der Waals surface area contributed by atoms with Crippen LogP contribution in [-0.2, 0) is 6.54 Å². The maximum Gasteiger partial charge on any atom is 0.238 e. The third-order valence-corrected chi connectivity index (χ3v) is 3.04. The van der Waals surface area contributed by atoms with Crippen LogP contribution in [0.1, 0.15) is 5.56 Å². The molecular formula is C12H10N4S. The van der Waals surface area contributed by atoms with Gasteiger partial charge in [0.25, 0.3) is 0 Å². The van der Waals surface area contributed by atoms with Crippen LogP contribution in [-0.4, -0.2) is 20.2 Å².